The summed E-state index contributed by atoms with van der Waals surface area (Å²) in [6.45, 7) is 4.01. The first-order valence-corrected chi connectivity index (χ1v) is 10.4. The van der Waals surface area contributed by atoms with Gasteiger partial charge in [0.1, 0.15) is 11.6 Å². The number of carbonyl (C=O) groups is 1. The molecular weight excluding hydrogens is 410 g/mol. The van der Waals surface area contributed by atoms with Crippen LogP contribution in [-0.2, 0) is 13.0 Å². The Kier molecular flexibility index (Phi) is 8.33. The lowest BCUT2D eigenvalue weighted by Gasteiger charge is -2.10. The van der Waals surface area contributed by atoms with E-state index in [1.807, 2.05) is 31.2 Å². The third kappa shape index (κ3) is 6.92. The molecule has 0 amide bonds. The van der Waals surface area contributed by atoms with E-state index in [0.29, 0.717) is 44.5 Å². The monoisotopic (exact) mass is 437 g/mol. The highest BCUT2D eigenvalue weighted by atomic mass is 16.5. The fourth-order valence-corrected chi connectivity index (χ4v) is 2.86. The molecule has 0 aliphatic rings. The van der Waals surface area contributed by atoms with Gasteiger partial charge >= 0.3 is 12.0 Å². The van der Waals surface area contributed by atoms with Crippen LogP contribution in [0.5, 0.6) is 11.8 Å². The lowest BCUT2D eigenvalue weighted by molar-refractivity contribution is 0.0697. The van der Waals surface area contributed by atoms with Gasteiger partial charge in [0.25, 0.3) is 0 Å². The topological polar surface area (TPSA) is 132 Å². The maximum absolute atomic E-state index is 11.0. The Hall–Kier alpha value is -3.72. The second-order valence-electron chi connectivity index (χ2n) is 6.96. The van der Waals surface area contributed by atoms with Crippen molar-refractivity contribution in [3.8, 4) is 11.8 Å². The molecule has 9 nitrogen and oxygen atoms in total. The first kappa shape index (κ1) is 23.0. The number of aromatic carboxylic acids is 1. The van der Waals surface area contributed by atoms with Gasteiger partial charge in [-0.2, -0.15) is 15.0 Å². The summed E-state index contributed by atoms with van der Waals surface area (Å²) >= 11 is 0. The molecule has 32 heavy (non-hydrogen) atoms. The van der Waals surface area contributed by atoms with Crippen LogP contribution < -0.4 is 20.5 Å². The van der Waals surface area contributed by atoms with Gasteiger partial charge in [0.05, 0.1) is 18.8 Å². The van der Waals surface area contributed by atoms with Crippen molar-refractivity contribution in [2.24, 2.45) is 5.73 Å². The highest BCUT2D eigenvalue weighted by Crippen LogP contribution is 2.16. The van der Waals surface area contributed by atoms with E-state index < -0.39 is 5.97 Å². The van der Waals surface area contributed by atoms with E-state index in [0.717, 1.165) is 23.3 Å². The molecule has 0 radical (unpaired) electrons. The number of ether oxygens (including phenoxy) is 2. The van der Waals surface area contributed by atoms with Crippen LogP contribution in [0.25, 0.3) is 0 Å². The van der Waals surface area contributed by atoms with Crippen LogP contribution in [0.4, 0.5) is 5.95 Å². The molecule has 9 heteroatoms. The van der Waals surface area contributed by atoms with Crippen LogP contribution >= 0.6 is 0 Å². The van der Waals surface area contributed by atoms with Crippen molar-refractivity contribution in [3.05, 3.63) is 71.0 Å². The third-order valence-corrected chi connectivity index (χ3v) is 4.49. The lowest BCUT2D eigenvalue weighted by atomic mass is 10.1. The zero-order chi connectivity index (χ0) is 22.8. The minimum absolute atomic E-state index is 0.234. The van der Waals surface area contributed by atoms with Crippen molar-refractivity contribution in [3.63, 3.8) is 0 Å². The molecule has 0 unspecified atom stereocenters. The summed E-state index contributed by atoms with van der Waals surface area (Å²) in [5.74, 6) is 0.774. The van der Waals surface area contributed by atoms with Crippen LogP contribution in [-0.4, -0.2) is 45.8 Å². The van der Waals surface area contributed by atoms with E-state index in [-0.39, 0.29) is 11.6 Å². The first-order valence-electron chi connectivity index (χ1n) is 10.4. The molecule has 0 spiro atoms. The van der Waals surface area contributed by atoms with Gasteiger partial charge in [-0.15, -0.1) is 0 Å². The number of hydrogen-bond donors (Lipinski definition) is 3. The molecule has 0 atom stereocenters. The first-order chi connectivity index (χ1) is 15.6. The van der Waals surface area contributed by atoms with Gasteiger partial charge in [0.15, 0.2) is 0 Å². The molecule has 1 aromatic heterocycles. The van der Waals surface area contributed by atoms with Gasteiger partial charge in [0, 0.05) is 13.0 Å². The SMILES string of the molecule is CCOc1nc(Cc2ccc(C(=O)O)cc2)nc(NCc2ccc(OCCCN)cc2)n1. The fourth-order valence-electron chi connectivity index (χ4n) is 2.86. The molecule has 1 heterocycles. The number of nitrogens with one attached hydrogen (secondary N) is 1. The standard InChI is InChI=1S/C23H27N5O4/c1-2-31-23-27-20(14-16-4-8-18(9-5-16)21(29)30)26-22(28-23)25-15-17-6-10-19(11-7-17)32-13-3-12-24/h4-11H,2-3,12-15,24H2,1H3,(H,29,30)(H,25,26,27,28). The van der Waals surface area contributed by atoms with Crippen LogP contribution in [0.1, 0.15) is 40.7 Å². The Morgan fingerprint density at radius 2 is 1.72 bits per heavy atom. The Bertz CT molecular complexity index is 1010. The highest BCUT2D eigenvalue weighted by molar-refractivity contribution is 5.87. The zero-order valence-corrected chi connectivity index (χ0v) is 18.0. The van der Waals surface area contributed by atoms with E-state index in [4.69, 9.17) is 20.3 Å². The predicted octanol–water partition coefficient (Wildman–Crippen LogP) is 2.90. The summed E-state index contributed by atoms with van der Waals surface area (Å²) in [5.41, 5.74) is 7.64. The number of nitrogens with two attached hydrogens (primary N) is 1. The number of nitrogens with zero attached hydrogens (tertiary/aromatic N) is 3. The average Bonchev–Trinajstić information content (AvgIpc) is 2.79. The Balaban J connectivity index is 1.66. The van der Waals surface area contributed by atoms with E-state index in [1.54, 1.807) is 24.3 Å². The molecule has 0 aliphatic heterocycles. The van der Waals surface area contributed by atoms with Crippen molar-refractivity contribution >= 4 is 11.9 Å². The summed E-state index contributed by atoms with van der Waals surface area (Å²) in [4.78, 5) is 24.2. The lowest BCUT2D eigenvalue weighted by Crippen LogP contribution is -2.10. The van der Waals surface area contributed by atoms with Crippen LogP contribution in [0, 0.1) is 0 Å². The van der Waals surface area contributed by atoms with E-state index in [2.05, 4.69) is 20.3 Å². The van der Waals surface area contributed by atoms with Crippen molar-refractivity contribution in [1.29, 1.82) is 0 Å². The molecular formula is C23H27N5O4. The van der Waals surface area contributed by atoms with Gasteiger partial charge in [-0.3, -0.25) is 0 Å². The minimum atomic E-state index is -0.961. The number of benzene rings is 2. The van der Waals surface area contributed by atoms with Gasteiger partial charge in [-0.05, 0) is 55.3 Å². The second-order valence-corrected chi connectivity index (χ2v) is 6.96. The summed E-state index contributed by atoms with van der Waals surface area (Å²) in [7, 11) is 0. The van der Waals surface area contributed by atoms with Crippen molar-refractivity contribution in [2.45, 2.75) is 26.3 Å². The van der Waals surface area contributed by atoms with Gasteiger partial charge in [-0.1, -0.05) is 24.3 Å². The van der Waals surface area contributed by atoms with Crippen molar-refractivity contribution in [2.75, 3.05) is 25.1 Å². The Morgan fingerprint density at radius 3 is 2.38 bits per heavy atom. The summed E-state index contributed by atoms with van der Waals surface area (Å²) in [6.07, 6.45) is 1.24. The summed E-state index contributed by atoms with van der Waals surface area (Å²) in [5, 5.41) is 12.2. The average molecular weight is 438 g/mol. The van der Waals surface area contributed by atoms with Gasteiger partial charge in [-0.25, -0.2) is 4.79 Å². The number of hydrogen-bond acceptors (Lipinski definition) is 8. The number of anilines is 1. The molecule has 0 saturated carbocycles. The largest absolute Gasteiger partial charge is 0.494 e. The molecule has 0 saturated heterocycles. The molecule has 4 N–H and O–H groups in total. The van der Waals surface area contributed by atoms with Crippen LogP contribution in [0.15, 0.2) is 48.5 Å². The van der Waals surface area contributed by atoms with E-state index in [9.17, 15) is 4.79 Å². The Labute approximate surface area is 186 Å². The number of carboxylic acid groups (broad SMARTS) is 1. The molecule has 0 aliphatic carbocycles. The zero-order valence-electron chi connectivity index (χ0n) is 18.0. The highest BCUT2D eigenvalue weighted by Gasteiger charge is 2.10. The molecule has 2 aromatic carbocycles. The maximum Gasteiger partial charge on any atom is 0.335 e. The minimum Gasteiger partial charge on any atom is -0.494 e. The van der Waals surface area contributed by atoms with Crippen molar-refractivity contribution < 1.29 is 19.4 Å². The third-order valence-electron chi connectivity index (χ3n) is 4.49. The van der Waals surface area contributed by atoms with Gasteiger partial charge < -0.3 is 25.6 Å². The quantitative estimate of drug-likeness (QED) is 0.366. The van der Waals surface area contributed by atoms with Crippen LogP contribution in [0.3, 0.4) is 0 Å². The van der Waals surface area contributed by atoms with Crippen LogP contribution in [0.2, 0.25) is 0 Å². The van der Waals surface area contributed by atoms with Gasteiger partial charge in [0.2, 0.25) is 5.95 Å². The predicted molar refractivity (Wildman–Crippen MR) is 120 cm³/mol. The van der Waals surface area contributed by atoms with Crippen molar-refractivity contribution in [1.82, 2.24) is 15.0 Å². The molecule has 168 valence electrons. The Morgan fingerprint density at radius 1 is 1.00 bits per heavy atom. The smallest absolute Gasteiger partial charge is 0.335 e. The molecule has 3 aromatic rings. The number of carboxylic acids is 1. The van der Waals surface area contributed by atoms with E-state index >= 15 is 0 Å². The normalized spacial score (nSPS) is 10.6. The maximum atomic E-state index is 11.0. The fraction of sp³-hybridized carbons (Fsp3) is 0.304. The number of aromatic nitrogens is 3. The molecule has 0 bridgehead atoms. The second kappa shape index (κ2) is 11.6. The summed E-state index contributed by atoms with van der Waals surface area (Å²) < 4.78 is 11.1. The van der Waals surface area contributed by atoms with E-state index in [1.165, 1.54) is 0 Å². The molecule has 3 rings (SSSR count). The summed E-state index contributed by atoms with van der Waals surface area (Å²) in [6, 6.07) is 14.6. The number of rotatable bonds is 12. The molecule has 0 fully saturated rings.